The molecule has 0 bridgehead atoms. The van der Waals surface area contributed by atoms with Crippen LogP contribution in [0.3, 0.4) is 0 Å². The van der Waals surface area contributed by atoms with Crippen LogP contribution in [0.2, 0.25) is 0 Å². The van der Waals surface area contributed by atoms with Crippen LogP contribution in [0.4, 0.5) is 4.39 Å². The zero-order valence-corrected chi connectivity index (χ0v) is 18.6. The second-order valence-electron chi connectivity index (χ2n) is 6.98. The van der Waals surface area contributed by atoms with Crippen LogP contribution in [-0.2, 0) is 10.0 Å². The molecule has 0 atom stereocenters. The van der Waals surface area contributed by atoms with Gasteiger partial charge in [-0.15, -0.1) is 10.2 Å². The largest absolute Gasteiger partial charge is 0.496 e. The predicted molar refractivity (Wildman–Crippen MR) is 115 cm³/mol. The molecule has 1 N–H and O–H groups in total. The van der Waals surface area contributed by atoms with Crippen LogP contribution < -0.4 is 14.2 Å². The minimum absolute atomic E-state index is 0.0628. The van der Waals surface area contributed by atoms with Crippen LogP contribution in [0, 0.1) is 26.6 Å². The highest BCUT2D eigenvalue weighted by Crippen LogP contribution is 2.30. The predicted octanol–water partition coefficient (Wildman–Crippen LogP) is 3.57. The summed E-state index contributed by atoms with van der Waals surface area (Å²) in [5, 5.41) is 8.02. The summed E-state index contributed by atoms with van der Waals surface area (Å²) in [6.07, 6.45) is 0. The molecule has 0 aliphatic rings. The number of aryl methyl sites for hydroxylation is 1. The van der Waals surface area contributed by atoms with Crippen LogP contribution in [0.1, 0.15) is 16.7 Å². The Bertz CT molecular complexity index is 1160. The summed E-state index contributed by atoms with van der Waals surface area (Å²) in [6, 6.07) is 10.8. The lowest BCUT2D eigenvalue weighted by Crippen LogP contribution is -2.29. The van der Waals surface area contributed by atoms with Crippen molar-refractivity contribution in [2.24, 2.45) is 0 Å². The maximum atomic E-state index is 13.0. The second-order valence-corrected chi connectivity index (χ2v) is 8.72. The molecule has 0 spiro atoms. The number of halogens is 1. The van der Waals surface area contributed by atoms with Gasteiger partial charge in [-0.3, -0.25) is 0 Å². The molecule has 7 nitrogen and oxygen atoms in total. The summed E-state index contributed by atoms with van der Waals surface area (Å²) >= 11 is 0. The zero-order valence-electron chi connectivity index (χ0n) is 17.8. The summed E-state index contributed by atoms with van der Waals surface area (Å²) in [4.78, 5) is 0.215. The maximum absolute atomic E-state index is 13.0. The van der Waals surface area contributed by atoms with Crippen molar-refractivity contribution in [3.05, 3.63) is 65.0 Å². The molecule has 0 aliphatic carbocycles. The average Bonchev–Trinajstić information content (AvgIpc) is 2.75. The van der Waals surface area contributed by atoms with Gasteiger partial charge in [-0.05, 0) is 73.9 Å². The average molecular weight is 446 g/mol. The van der Waals surface area contributed by atoms with Gasteiger partial charge in [0, 0.05) is 18.2 Å². The third-order valence-electron chi connectivity index (χ3n) is 4.90. The Morgan fingerprint density at radius 3 is 2.32 bits per heavy atom. The summed E-state index contributed by atoms with van der Waals surface area (Å²) < 4.78 is 51.9. The van der Waals surface area contributed by atoms with Gasteiger partial charge in [0.2, 0.25) is 15.9 Å². The van der Waals surface area contributed by atoms with Crippen LogP contribution in [0.15, 0.2) is 47.4 Å². The van der Waals surface area contributed by atoms with Gasteiger partial charge in [0.25, 0.3) is 0 Å². The van der Waals surface area contributed by atoms with Crippen molar-refractivity contribution >= 4 is 10.0 Å². The molecule has 0 fully saturated rings. The summed E-state index contributed by atoms with van der Waals surface area (Å²) in [6.45, 7) is 5.53. The minimum Gasteiger partial charge on any atom is -0.496 e. The number of rotatable bonds is 8. The first-order valence-corrected chi connectivity index (χ1v) is 11.1. The highest BCUT2D eigenvalue weighted by molar-refractivity contribution is 7.89. The normalized spacial score (nSPS) is 11.4. The van der Waals surface area contributed by atoms with E-state index in [0.717, 1.165) is 16.7 Å². The highest BCUT2D eigenvalue weighted by atomic mass is 32.2. The molecule has 0 aliphatic heterocycles. The first-order valence-electron chi connectivity index (χ1n) is 9.60. The van der Waals surface area contributed by atoms with Gasteiger partial charge in [0.05, 0.1) is 17.7 Å². The van der Waals surface area contributed by atoms with E-state index in [4.69, 9.17) is 9.47 Å². The Morgan fingerprint density at radius 2 is 1.71 bits per heavy atom. The molecule has 0 saturated heterocycles. The molecule has 31 heavy (non-hydrogen) atoms. The lowest BCUT2D eigenvalue weighted by atomic mass is 10.1. The number of hydrogen-bond donors (Lipinski definition) is 1. The quantitative estimate of drug-likeness (QED) is 0.533. The molecule has 2 aromatic carbocycles. The molecule has 0 radical (unpaired) electrons. The Labute approximate surface area is 181 Å². The number of sulfonamides is 1. The molecule has 0 amide bonds. The van der Waals surface area contributed by atoms with Gasteiger partial charge in [-0.2, -0.15) is 0 Å². The number of benzene rings is 2. The molecule has 1 heterocycles. The first-order chi connectivity index (χ1) is 14.7. The number of aromatic nitrogens is 2. The maximum Gasteiger partial charge on any atom is 0.240 e. The SMILES string of the molecule is COc1c(C)cc(S(=O)(=O)NCCOc2ccc(-c3ccc(F)cc3)nn2)c(C)c1C. The van der Waals surface area contributed by atoms with E-state index in [2.05, 4.69) is 14.9 Å². The van der Waals surface area contributed by atoms with E-state index in [-0.39, 0.29) is 29.7 Å². The van der Waals surface area contributed by atoms with Gasteiger partial charge < -0.3 is 9.47 Å². The van der Waals surface area contributed by atoms with Gasteiger partial charge >= 0.3 is 0 Å². The summed E-state index contributed by atoms with van der Waals surface area (Å²) in [5.74, 6) is 0.620. The molecule has 0 saturated carbocycles. The molecule has 3 rings (SSSR count). The molecular weight excluding hydrogens is 421 g/mol. The van der Waals surface area contributed by atoms with Crippen molar-refractivity contribution in [2.75, 3.05) is 20.3 Å². The summed E-state index contributed by atoms with van der Waals surface area (Å²) in [7, 11) is -2.15. The first kappa shape index (κ1) is 22.6. The fraction of sp³-hybridized carbons (Fsp3) is 0.273. The molecule has 9 heteroatoms. The van der Waals surface area contributed by atoms with Crippen LogP contribution >= 0.6 is 0 Å². The van der Waals surface area contributed by atoms with Crippen molar-refractivity contribution in [3.8, 4) is 22.9 Å². The van der Waals surface area contributed by atoms with E-state index in [1.807, 2.05) is 13.8 Å². The topological polar surface area (TPSA) is 90.4 Å². The molecule has 1 aromatic heterocycles. The van der Waals surface area contributed by atoms with Crippen molar-refractivity contribution in [1.82, 2.24) is 14.9 Å². The van der Waals surface area contributed by atoms with Crippen molar-refractivity contribution < 1.29 is 22.3 Å². The summed E-state index contributed by atoms with van der Waals surface area (Å²) in [5.41, 5.74) is 3.48. The minimum atomic E-state index is -3.71. The number of nitrogens with zero attached hydrogens (tertiary/aromatic N) is 2. The Balaban J connectivity index is 1.60. The van der Waals surface area contributed by atoms with Gasteiger partial charge in [-0.25, -0.2) is 17.5 Å². The Kier molecular flexibility index (Phi) is 6.87. The molecule has 164 valence electrons. The zero-order chi connectivity index (χ0) is 22.6. The Hall–Kier alpha value is -3.04. The van der Waals surface area contributed by atoms with E-state index in [9.17, 15) is 12.8 Å². The van der Waals surface area contributed by atoms with E-state index in [1.165, 1.54) is 12.1 Å². The number of hydrogen-bond acceptors (Lipinski definition) is 6. The standard InChI is InChI=1S/C22H24FN3O4S/c1-14-13-20(15(2)16(3)22(14)29-4)31(27,28)24-11-12-30-21-10-9-19(25-26-21)17-5-7-18(23)8-6-17/h5-10,13,24H,11-12H2,1-4H3. The van der Waals surface area contributed by atoms with Crippen LogP contribution in [-0.4, -0.2) is 38.9 Å². The Morgan fingerprint density at radius 1 is 1.00 bits per heavy atom. The van der Waals surface area contributed by atoms with Crippen LogP contribution in [0.5, 0.6) is 11.6 Å². The van der Waals surface area contributed by atoms with Crippen molar-refractivity contribution in [2.45, 2.75) is 25.7 Å². The van der Waals surface area contributed by atoms with Crippen LogP contribution in [0.25, 0.3) is 11.3 Å². The smallest absolute Gasteiger partial charge is 0.240 e. The third kappa shape index (κ3) is 5.18. The lowest BCUT2D eigenvalue weighted by Gasteiger charge is -2.16. The molecule has 0 unspecified atom stereocenters. The van der Waals surface area contributed by atoms with Gasteiger partial charge in [-0.1, -0.05) is 0 Å². The lowest BCUT2D eigenvalue weighted by molar-refractivity contribution is 0.307. The fourth-order valence-corrected chi connectivity index (χ4v) is 4.59. The van der Waals surface area contributed by atoms with E-state index in [1.54, 1.807) is 44.4 Å². The number of methoxy groups -OCH3 is 1. The number of ether oxygens (including phenoxy) is 2. The molecule has 3 aromatic rings. The fourth-order valence-electron chi connectivity index (χ4n) is 3.20. The van der Waals surface area contributed by atoms with Gasteiger partial charge in [0.15, 0.2) is 0 Å². The van der Waals surface area contributed by atoms with Crippen molar-refractivity contribution in [3.63, 3.8) is 0 Å². The monoisotopic (exact) mass is 445 g/mol. The third-order valence-corrected chi connectivity index (χ3v) is 6.48. The van der Waals surface area contributed by atoms with E-state index >= 15 is 0 Å². The molecular formula is C22H24FN3O4S. The number of nitrogens with one attached hydrogen (secondary N) is 1. The van der Waals surface area contributed by atoms with E-state index < -0.39 is 10.0 Å². The highest BCUT2D eigenvalue weighted by Gasteiger charge is 2.21. The van der Waals surface area contributed by atoms with Crippen molar-refractivity contribution in [1.29, 1.82) is 0 Å². The second kappa shape index (κ2) is 9.40. The van der Waals surface area contributed by atoms with Gasteiger partial charge in [0.1, 0.15) is 18.2 Å². The van der Waals surface area contributed by atoms with E-state index in [0.29, 0.717) is 17.0 Å².